The fourth-order valence-corrected chi connectivity index (χ4v) is 1.18. The third-order valence-corrected chi connectivity index (χ3v) is 1.82. The van der Waals surface area contributed by atoms with Crippen LogP contribution in [0, 0.1) is 0 Å². The van der Waals surface area contributed by atoms with Crippen molar-refractivity contribution < 1.29 is 19.6 Å². The molecule has 0 spiro atoms. The van der Waals surface area contributed by atoms with Gasteiger partial charge in [-0.3, -0.25) is 4.79 Å². The molecule has 0 aromatic heterocycles. The van der Waals surface area contributed by atoms with Gasteiger partial charge in [0.25, 0.3) is 0 Å². The molecular formula is C10H13BO4. The molecule has 2 N–H and O–H groups in total. The van der Waals surface area contributed by atoms with E-state index in [-0.39, 0.29) is 11.6 Å². The second-order valence-corrected chi connectivity index (χ2v) is 3.46. The highest BCUT2D eigenvalue weighted by Gasteiger charge is 2.14. The lowest BCUT2D eigenvalue weighted by molar-refractivity contribution is 0.111. The highest BCUT2D eigenvalue weighted by Crippen LogP contribution is 2.16. The van der Waals surface area contributed by atoms with Crippen LogP contribution in [0.5, 0.6) is 5.75 Å². The maximum atomic E-state index is 10.7. The van der Waals surface area contributed by atoms with E-state index in [0.717, 1.165) is 0 Å². The lowest BCUT2D eigenvalue weighted by Crippen LogP contribution is -2.30. The standard InChI is InChI=1S/C10H13BO4/c1-7(2)15-10-4-3-9(11(13)14)5-8(10)6-12/h3-7,13-14H,1-2H3. The van der Waals surface area contributed by atoms with Crippen LogP contribution in [0.15, 0.2) is 18.2 Å². The maximum absolute atomic E-state index is 10.7. The van der Waals surface area contributed by atoms with E-state index in [1.54, 1.807) is 6.07 Å². The average molecular weight is 208 g/mol. The van der Waals surface area contributed by atoms with Crippen LogP contribution in [0.2, 0.25) is 0 Å². The van der Waals surface area contributed by atoms with Crippen molar-refractivity contribution in [3.05, 3.63) is 23.8 Å². The van der Waals surface area contributed by atoms with Gasteiger partial charge >= 0.3 is 7.12 Å². The van der Waals surface area contributed by atoms with E-state index in [4.69, 9.17) is 14.8 Å². The first-order chi connectivity index (χ1) is 7.04. The molecule has 1 rings (SSSR count). The van der Waals surface area contributed by atoms with Gasteiger partial charge in [-0.05, 0) is 31.4 Å². The van der Waals surface area contributed by atoms with E-state index in [1.807, 2.05) is 13.8 Å². The van der Waals surface area contributed by atoms with Gasteiger partial charge in [-0.15, -0.1) is 0 Å². The van der Waals surface area contributed by atoms with Crippen molar-refractivity contribution in [2.24, 2.45) is 0 Å². The number of hydrogen-bond donors (Lipinski definition) is 2. The molecule has 5 heteroatoms. The third-order valence-electron chi connectivity index (χ3n) is 1.82. The molecule has 0 atom stereocenters. The maximum Gasteiger partial charge on any atom is 0.488 e. The molecule has 4 nitrogen and oxygen atoms in total. The molecule has 80 valence electrons. The van der Waals surface area contributed by atoms with Crippen LogP contribution in [-0.2, 0) is 0 Å². The van der Waals surface area contributed by atoms with Crippen LogP contribution < -0.4 is 10.2 Å². The van der Waals surface area contributed by atoms with Gasteiger partial charge in [0, 0.05) is 0 Å². The molecule has 0 saturated carbocycles. The van der Waals surface area contributed by atoms with Gasteiger partial charge in [-0.1, -0.05) is 6.07 Å². The van der Waals surface area contributed by atoms with Gasteiger partial charge in [-0.25, -0.2) is 0 Å². The van der Waals surface area contributed by atoms with Crippen LogP contribution in [-0.4, -0.2) is 29.6 Å². The molecule has 0 unspecified atom stereocenters. The SMILES string of the molecule is CC(C)Oc1ccc(B(O)O)cc1C=O. The molecule has 0 fully saturated rings. The summed E-state index contributed by atoms with van der Waals surface area (Å²) in [5, 5.41) is 17.8. The minimum atomic E-state index is -1.57. The van der Waals surface area contributed by atoms with E-state index in [9.17, 15) is 4.79 Å². The predicted octanol–water partition coefficient (Wildman–Crippen LogP) is -0.0339. The van der Waals surface area contributed by atoms with Crippen molar-refractivity contribution in [2.75, 3.05) is 0 Å². The summed E-state index contributed by atoms with van der Waals surface area (Å²) in [6, 6.07) is 4.46. The molecule has 0 amide bonds. The average Bonchev–Trinajstić information content (AvgIpc) is 2.17. The van der Waals surface area contributed by atoms with Crippen molar-refractivity contribution in [1.82, 2.24) is 0 Å². The molecule has 1 aromatic carbocycles. The topological polar surface area (TPSA) is 66.8 Å². The zero-order chi connectivity index (χ0) is 11.4. The molecule has 1 aromatic rings. The normalized spacial score (nSPS) is 10.2. The Kier molecular flexibility index (Phi) is 3.88. The van der Waals surface area contributed by atoms with Gasteiger partial charge in [0.2, 0.25) is 0 Å². The first kappa shape index (κ1) is 11.7. The molecule has 0 aliphatic carbocycles. The molecule has 0 aliphatic heterocycles. The Labute approximate surface area is 88.6 Å². The number of hydrogen-bond acceptors (Lipinski definition) is 4. The Morgan fingerprint density at radius 3 is 2.53 bits per heavy atom. The van der Waals surface area contributed by atoms with E-state index < -0.39 is 7.12 Å². The molecule has 0 bridgehead atoms. The number of rotatable bonds is 4. The number of carbonyl (C=O) groups is 1. The minimum Gasteiger partial charge on any atom is -0.490 e. The summed E-state index contributed by atoms with van der Waals surface area (Å²) in [7, 11) is -1.57. The first-order valence-electron chi connectivity index (χ1n) is 4.66. The Hall–Kier alpha value is -1.33. The highest BCUT2D eigenvalue weighted by atomic mass is 16.5. The molecule has 0 saturated heterocycles. The zero-order valence-electron chi connectivity index (χ0n) is 8.68. The summed E-state index contributed by atoms with van der Waals surface area (Å²) in [6.45, 7) is 3.70. The lowest BCUT2D eigenvalue weighted by atomic mass is 9.79. The van der Waals surface area contributed by atoms with E-state index in [0.29, 0.717) is 17.6 Å². The number of benzene rings is 1. The fraction of sp³-hybridized carbons (Fsp3) is 0.300. The summed E-state index contributed by atoms with van der Waals surface area (Å²) >= 11 is 0. The van der Waals surface area contributed by atoms with Crippen LogP contribution >= 0.6 is 0 Å². The molecular weight excluding hydrogens is 195 g/mol. The van der Waals surface area contributed by atoms with Gasteiger partial charge in [0.1, 0.15) is 5.75 Å². The first-order valence-corrected chi connectivity index (χ1v) is 4.66. The quantitative estimate of drug-likeness (QED) is 0.538. The van der Waals surface area contributed by atoms with Crippen LogP contribution in [0.1, 0.15) is 24.2 Å². The van der Waals surface area contributed by atoms with Crippen LogP contribution in [0.25, 0.3) is 0 Å². The smallest absolute Gasteiger partial charge is 0.488 e. The second-order valence-electron chi connectivity index (χ2n) is 3.46. The lowest BCUT2D eigenvalue weighted by Gasteiger charge is -2.12. The van der Waals surface area contributed by atoms with Gasteiger partial charge in [-0.2, -0.15) is 0 Å². The second kappa shape index (κ2) is 4.95. The van der Waals surface area contributed by atoms with E-state index >= 15 is 0 Å². The van der Waals surface area contributed by atoms with Crippen molar-refractivity contribution >= 4 is 18.9 Å². The highest BCUT2D eigenvalue weighted by molar-refractivity contribution is 6.58. The number of ether oxygens (including phenoxy) is 1. The Morgan fingerprint density at radius 2 is 2.07 bits per heavy atom. The summed E-state index contributed by atoms with van der Waals surface area (Å²) in [5.74, 6) is 0.449. The van der Waals surface area contributed by atoms with Crippen LogP contribution in [0.3, 0.4) is 0 Å². The van der Waals surface area contributed by atoms with Gasteiger partial charge < -0.3 is 14.8 Å². The van der Waals surface area contributed by atoms with Crippen LogP contribution in [0.4, 0.5) is 0 Å². The monoisotopic (exact) mass is 208 g/mol. The summed E-state index contributed by atoms with van der Waals surface area (Å²) in [5.41, 5.74) is 0.586. The van der Waals surface area contributed by atoms with Crippen molar-refractivity contribution in [3.8, 4) is 5.75 Å². The third kappa shape index (κ3) is 3.07. The van der Waals surface area contributed by atoms with Crippen molar-refractivity contribution in [1.29, 1.82) is 0 Å². The van der Waals surface area contributed by atoms with Gasteiger partial charge in [0.15, 0.2) is 6.29 Å². The fourth-order valence-electron chi connectivity index (χ4n) is 1.18. The number of carbonyl (C=O) groups excluding carboxylic acids is 1. The largest absolute Gasteiger partial charge is 0.490 e. The Balaban J connectivity index is 3.03. The predicted molar refractivity (Wildman–Crippen MR) is 57.4 cm³/mol. The van der Waals surface area contributed by atoms with Crippen molar-refractivity contribution in [2.45, 2.75) is 20.0 Å². The number of aldehydes is 1. The molecule has 0 heterocycles. The zero-order valence-corrected chi connectivity index (χ0v) is 8.68. The molecule has 0 aliphatic rings. The summed E-state index contributed by atoms with van der Waals surface area (Å²) in [4.78, 5) is 10.7. The van der Waals surface area contributed by atoms with Crippen molar-refractivity contribution in [3.63, 3.8) is 0 Å². The minimum absolute atomic E-state index is 0.0337. The summed E-state index contributed by atoms with van der Waals surface area (Å²) in [6.07, 6.45) is 0.595. The van der Waals surface area contributed by atoms with E-state index in [1.165, 1.54) is 12.1 Å². The Bertz CT molecular complexity index is 349. The molecule has 0 radical (unpaired) electrons. The molecule has 15 heavy (non-hydrogen) atoms. The van der Waals surface area contributed by atoms with E-state index in [2.05, 4.69) is 0 Å². The summed E-state index contributed by atoms with van der Waals surface area (Å²) < 4.78 is 5.38. The van der Waals surface area contributed by atoms with Gasteiger partial charge in [0.05, 0.1) is 11.7 Å². The Morgan fingerprint density at radius 1 is 1.40 bits per heavy atom.